The lowest BCUT2D eigenvalue weighted by Gasteiger charge is -2.06. The van der Waals surface area contributed by atoms with E-state index in [0.29, 0.717) is 6.54 Å². The maximum Gasteiger partial charge on any atom is 0.231 e. The van der Waals surface area contributed by atoms with Crippen LogP contribution in [0.25, 0.3) is 0 Å². The number of benzene rings is 1. The first-order chi connectivity index (χ1) is 13.1. The Bertz CT molecular complexity index is 829. The number of amides is 1. The molecule has 140 valence electrons. The number of imidazole rings is 1. The van der Waals surface area contributed by atoms with Crippen LogP contribution in [0, 0.1) is 18.3 Å². The molecule has 0 aliphatic rings. The normalized spacial score (nSPS) is 11.4. The van der Waals surface area contributed by atoms with Crippen molar-refractivity contribution >= 4 is 18.3 Å². The van der Waals surface area contributed by atoms with Crippen LogP contribution >= 0.6 is 0 Å². The molecule has 1 aromatic heterocycles. The largest absolute Gasteiger partial charge is 0.482 e. The number of aliphatic imine (C=N–C) groups is 2. The van der Waals surface area contributed by atoms with Crippen LogP contribution in [0.1, 0.15) is 23.4 Å². The third-order valence-corrected chi connectivity index (χ3v) is 3.69. The lowest BCUT2D eigenvalue weighted by Crippen LogP contribution is -2.31. The smallest absolute Gasteiger partial charge is 0.231 e. The zero-order valence-corrected chi connectivity index (χ0v) is 15.4. The van der Waals surface area contributed by atoms with E-state index in [1.807, 2.05) is 54.9 Å². The number of nitrogens with zero attached hydrogens (tertiary/aromatic N) is 5. The number of aryl methyl sites for hydroxylation is 2. The van der Waals surface area contributed by atoms with Crippen LogP contribution in [0.4, 0.5) is 0 Å². The minimum absolute atomic E-state index is 0.147. The Morgan fingerprint density at radius 1 is 1.41 bits per heavy atom. The minimum atomic E-state index is -0.226. The van der Waals surface area contributed by atoms with E-state index < -0.39 is 0 Å². The van der Waals surface area contributed by atoms with E-state index in [0.717, 1.165) is 17.0 Å². The molecule has 0 saturated heterocycles. The molecule has 1 N–H and O–H groups in total. The lowest BCUT2D eigenvalue weighted by atomic mass is 10.1. The third-order valence-electron chi connectivity index (χ3n) is 3.69. The quantitative estimate of drug-likeness (QED) is 0.459. The molecule has 0 bridgehead atoms. The fourth-order valence-electron chi connectivity index (χ4n) is 2.26. The number of carbonyl (C=O) groups is 1. The van der Waals surface area contributed by atoms with E-state index in [2.05, 4.69) is 20.3 Å². The standard InChI is InChI=1S/C19H22N6O2/c1-15-17(25(2)13-22-15)12-21-19(23-14-27-10-6-9-20)24-18(26)11-16-7-4-3-5-8-16/h3-5,7-8,13-14H,6,10-12H2,1-2H3,(H,21,24,26)/b23-14+. The highest BCUT2D eigenvalue weighted by molar-refractivity contribution is 6.00. The monoisotopic (exact) mass is 366 g/mol. The van der Waals surface area contributed by atoms with Crippen LogP contribution < -0.4 is 5.32 Å². The van der Waals surface area contributed by atoms with E-state index in [1.54, 1.807) is 6.33 Å². The summed E-state index contributed by atoms with van der Waals surface area (Å²) in [6.45, 7) is 2.44. The van der Waals surface area contributed by atoms with E-state index in [4.69, 9.17) is 10.00 Å². The maximum absolute atomic E-state index is 12.3. The molecule has 0 unspecified atom stereocenters. The molecule has 1 aromatic carbocycles. The highest BCUT2D eigenvalue weighted by Crippen LogP contribution is 2.06. The summed E-state index contributed by atoms with van der Waals surface area (Å²) in [5.41, 5.74) is 2.68. The fourth-order valence-corrected chi connectivity index (χ4v) is 2.26. The second kappa shape index (κ2) is 10.5. The van der Waals surface area contributed by atoms with Gasteiger partial charge in [-0.1, -0.05) is 30.3 Å². The van der Waals surface area contributed by atoms with Gasteiger partial charge in [-0.3, -0.25) is 10.1 Å². The summed E-state index contributed by atoms with van der Waals surface area (Å²) >= 11 is 0. The summed E-state index contributed by atoms with van der Waals surface area (Å²) < 4.78 is 7.00. The summed E-state index contributed by atoms with van der Waals surface area (Å²) in [7, 11) is 1.88. The number of ether oxygens (including phenoxy) is 1. The second-order valence-electron chi connectivity index (χ2n) is 5.75. The number of hydrogen-bond acceptors (Lipinski definition) is 5. The fraction of sp³-hybridized carbons (Fsp3) is 0.316. The number of carbonyl (C=O) groups excluding carboxylic acids is 1. The Kier molecular flexibility index (Phi) is 7.72. The van der Waals surface area contributed by atoms with E-state index in [-0.39, 0.29) is 31.3 Å². The van der Waals surface area contributed by atoms with Crippen molar-refractivity contribution in [3.63, 3.8) is 0 Å². The van der Waals surface area contributed by atoms with Crippen molar-refractivity contribution in [3.8, 4) is 6.07 Å². The van der Waals surface area contributed by atoms with Gasteiger partial charge >= 0.3 is 0 Å². The first-order valence-corrected chi connectivity index (χ1v) is 8.46. The van der Waals surface area contributed by atoms with Gasteiger partial charge in [0, 0.05) is 7.05 Å². The van der Waals surface area contributed by atoms with Crippen molar-refractivity contribution in [3.05, 3.63) is 53.6 Å². The number of nitrogens with one attached hydrogen (secondary N) is 1. The number of aromatic nitrogens is 2. The Labute approximate surface area is 158 Å². The van der Waals surface area contributed by atoms with E-state index >= 15 is 0 Å². The number of hydrogen-bond donors (Lipinski definition) is 1. The van der Waals surface area contributed by atoms with Crippen LogP contribution in [-0.4, -0.2) is 34.4 Å². The second-order valence-corrected chi connectivity index (χ2v) is 5.75. The van der Waals surface area contributed by atoms with Crippen LogP contribution in [0.5, 0.6) is 0 Å². The van der Waals surface area contributed by atoms with E-state index in [9.17, 15) is 4.79 Å². The molecule has 0 fully saturated rings. The molecular formula is C19H22N6O2. The highest BCUT2D eigenvalue weighted by Gasteiger charge is 2.08. The van der Waals surface area contributed by atoms with Crippen LogP contribution in [-0.2, 0) is 29.5 Å². The predicted octanol–water partition coefficient (Wildman–Crippen LogP) is 1.90. The zero-order valence-electron chi connectivity index (χ0n) is 15.4. The van der Waals surface area contributed by atoms with Gasteiger partial charge in [-0.05, 0) is 12.5 Å². The molecular weight excluding hydrogens is 344 g/mol. The van der Waals surface area contributed by atoms with Gasteiger partial charge in [-0.2, -0.15) is 10.3 Å². The van der Waals surface area contributed by atoms with Gasteiger partial charge in [0.25, 0.3) is 0 Å². The molecule has 8 heteroatoms. The van der Waals surface area contributed by atoms with Gasteiger partial charge in [0.2, 0.25) is 11.9 Å². The van der Waals surface area contributed by atoms with Crippen molar-refractivity contribution in [2.24, 2.45) is 17.0 Å². The third kappa shape index (κ3) is 6.74. The van der Waals surface area contributed by atoms with Crippen LogP contribution in [0.2, 0.25) is 0 Å². The van der Waals surface area contributed by atoms with Crippen molar-refractivity contribution in [2.45, 2.75) is 26.3 Å². The molecule has 0 radical (unpaired) electrons. The number of guanidine groups is 1. The summed E-state index contributed by atoms with van der Waals surface area (Å²) in [6.07, 6.45) is 3.37. The topological polar surface area (TPSA) is 105 Å². The highest BCUT2D eigenvalue weighted by atomic mass is 16.5. The molecule has 2 aromatic rings. The zero-order chi connectivity index (χ0) is 19.5. The summed E-state index contributed by atoms with van der Waals surface area (Å²) in [5, 5.41) is 11.2. The Morgan fingerprint density at radius 3 is 2.85 bits per heavy atom. The molecule has 0 atom stereocenters. The van der Waals surface area contributed by atoms with Crippen LogP contribution in [0.15, 0.2) is 46.6 Å². The van der Waals surface area contributed by atoms with Crippen molar-refractivity contribution in [2.75, 3.05) is 6.61 Å². The average molecular weight is 366 g/mol. The maximum atomic E-state index is 12.3. The molecule has 0 aliphatic carbocycles. The Balaban J connectivity index is 2.05. The van der Waals surface area contributed by atoms with Gasteiger partial charge in [0.1, 0.15) is 6.61 Å². The van der Waals surface area contributed by atoms with Gasteiger partial charge in [-0.15, -0.1) is 0 Å². The molecule has 0 spiro atoms. The SMILES string of the molecule is Cc1ncn(C)c1C/N=C(\N=C\OCCC#N)NC(=O)Cc1ccccc1. The number of nitriles is 1. The van der Waals surface area contributed by atoms with Crippen LogP contribution in [0.3, 0.4) is 0 Å². The molecule has 27 heavy (non-hydrogen) atoms. The molecule has 1 amide bonds. The summed E-state index contributed by atoms with van der Waals surface area (Å²) in [5.74, 6) is -0.0793. The molecule has 2 rings (SSSR count). The van der Waals surface area contributed by atoms with Gasteiger partial charge in [0.15, 0.2) is 6.40 Å². The predicted molar refractivity (Wildman–Crippen MR) is 102 cm³/mol. The summed E-state index contributed by atoms with van der Waals surface area (Å²) in [6, 6.07) is 11.4. The van der Waals surface area contributed by atoms with Gasteiger partial charge in [0.05, 0.1) is 43.2 Å². The number of rotatable bonds is 7. The van der Waals surface area contributed by atoms with Gasteiger partial charge in [-0.25, -0.2) is 9.98 Å². The Hall–Kier alpha value is -3.47. The average Bonchev–Trinajstić information content (AvgIpc) is 2.98. The summed E-state index contributed by atoms with van der Waals surface area (Å²) in [4.78, 5) is 24.9. The molecule has 0 saturated carbocycles. The molecule has 8 nitrogen and oxygen atoms in total. The van der Waals surface area contributed by atoms with Gasteiger partial charge < -0.3 is 9.30 Å². The minimum Gasteiger partial charge on any atom is -0.482 e. The molecule has 0 aliphatic heterocycles. The Morgan fingerprint density at radius 2 is 2.19 bits per heavy atom. The first kappa shape index (κ1) is 19.8. The first-order valence-electron chi connectivity index (χ1n) is 8.46. The lowest BCUT2D eigenvalue weighted by molar-refractivity contribution is -0.119. The van der Waals surface area contributed by atoms with E-state index in [1.165, 1.54) is 6.40 Å². The van der Waals surface area contributed by atoms with Crippen molar-refractivity contribution in [1.82, 2.24) is 14.9 Å². The van der Waals surface area contributed by atoms with Crippen molar-refractivity contribution in [1.29, 1.82) is 5.26 Å². The van der Waals surface area contributed by atoms with Crippen molar-refractivity contribution < 1.29 is 9.53 Å². The molecule has 1 heterocycles.